The Hall–Kier alpha value is -1.05. The molecule has 2 nitrogen and oxygen atoms in total. The summed E-state index contributed by atoms with van der Waals surface area (Å²) < 4.78 is 2.14. The van der Waals surface area contributed by atoms with Crippen molar-refractivity contribution in [1.29, 1.82) is 0 Å². The molecule has 0 aliphatic heterocycles. The smallest absolute Gasteiger partial charge is 0.0954 e. The van der Waals surface area contributed by atoms with Gasteiger partial charge in [-0.2, -0.15) is 0 Å². The first-order valence-electron chi connectivity index (χ1n) is 4.30. The summed E-state index contributed by atoms with van der Waals surface area (Å²) in [5.74, 6) is 0. The molecule has 1 rings (SSSR count). The van der Waals surface area contributed by atoms with Gasteiger partial charge in [0.25, 0.3) is 0 Å². The van der Waals surface area contributed by atoms with Crippen LogP contribution in [0.25, 0.3) is 0 Å². The molecule has 0 bridgehead atoms. The van der Waals surface area contributed by atoms with Gasteiger partial charge in [-0.1, -0.05) is 19.1 Å². The molecule has 0 atom stereocenters. The zero-order valence-corrected chi connectivity index (χ0v) is 8.09. The number of aryl methyl sites for hydroxylation is 1. The maximum Gasteiger partial charge on any atom is 0.0954 e. The average Bonchev–Trinajstić information content (AvgIpc) is 2.36. The Morgan fingerprint density at radius 2 is 2.25 bits per heavy atom. The molecule has 0 aliphatic rings. The number of aromatic nitrogens is 2. The summed E-state index contributed by atoms with van der Waals surface area (Å²) in [7, 11) is 0. The quantitative estimate of drug-likeness (QED) is 0.627. The Labute approximate surface area is 73.9 Å². The van der Waals surface area contributed by atoms with E-state index >= 15 is 0 Å². The van der Waals surface area contributed by atoms with Crippen LogP contribution in [-0.2, 0) is 6.54 Å². The highest BCUT2D eigenvalue weighted by Crippen LogP contribution is 2.08. The van der Waals surface area contributed by atoms with E-state index in [2.05, 4.69) is 30.0 Å². The van der Waals surface area contributed by atoms with E-state index in [0.29, 0.717) is 0 Å². The van der Waals surface area contributed by atoms with Gasteiger partial charge in [-0.05, 0) is 20.3 Å². The van der Waals surface area contributed by atoms with E-state index in [9.17, 15) is 0 Å². The molecule has 12 heavy (non-hydrogen) atoms. The highest BCUT2D eigenvalue weighted by molar-refractivity contribution is 5.10. The maximum absolute atomic E-state index is 4.23. The lowest BCUT2D eigenvalue weighted by Gasteiger charge is -2.05. The average molecular weight is 164 g/mol. The summed E-state index contributed by atoms with van der Waals surface area (Å²) in [6.07, 6.45) is 2.92. The number of imidazole rings is 1. The van der Waals surface area contributed by atoms with Crippen molar-refractivity contribution in [3.8, 4) is 0 Å². The lowest BCUT2D eigenvalue weighted by molar-refractivity contribution is 0.736. The Morgan fingerprint density at radius 1 is 1.58 bits per heavy atom. The number of rotatable bonds is 3. The van der Waals surface area contributed by atoms with Crippen LogP contribution in [0.15, 0.2) is 18.5 Å². The predicted octanol–water partition coefficient (Wildman–Crippen LogP) is 2.47. The molecule has 2 heteroatoms. The number of allylic oxidation sites excluding steroid dienone is 1. The fraction of sp³-hybridized carbons (Fsp3) is 0.500. The fourth-order valence-corrected chi connectivity index (χ4v) is 1.06. The first-order chi connectivity index (χ1) is 5.65. The summed E-state index contributed by atoms with van der Waals surface area (Å²) in [5, 5.41) is 0. The molecule has 0 N–H and O–H groups in total. The van der Waals surface area contributed by atoms with Crippen LogP contribution in [0.1, 0.15) is 24.7 Å². The van der Waals surface area contributed by atoms with Crippen molar-refractivity contribution in [2.75, 3.05) is 0 Å². The highest BCUT2D eigenvalue weighted by atomic mass is 15.0. The molecular weight excluding hydrogens is 148 g/mol. The van der Waals surface area contributed by atoms with Crippen LogP contribution < -0.4 is 0 Å². The van der Waals surface area contributed by atoms with Gasteiger partial charge in [0, 0.05) is 12.2 Å². The molecule has 66 valence electrons. The van der Waals surface area contributed by atoms with Crippen LogP contribution in [0.3, 0.4) is 0 Å². The Bertz CT molecular complexity index is 284. The van der Waals surface area contributed by atoms with Crippen molar-refractivity contribution in [2.45, 2.75) is 33.7 Å². The minimum atomic E-state index is 0.906. The van der Waals surface area contributed by atoms with Crippen molar-refractivity contribution in [3.63, 3.8) is 0 Å². The molecule has 1 aromatic rings. The summed E-state index contributed by atoms with van der Waals surface area (Å²) in [6, 6.07) is 0. The van der Waals surface area contributed by atoms with Gasteiger partial charge >= 0.3 is 0 Å². The topological polar surface area (TPSA) is 17.8 Å². The number of nitrogens with zero attached hydrogens (tertiary/aromatic N) is 2. The van der Waals surface area contributed by atoms with E-state index < -0.39 is 0 Å². The molecule has 1 aromatic heterocycles. The standard InChI is InChI=1S/C10H16N2/c1-5-8(2)6-12-7-11-9(3)10(12)4/h7H,2,5-6H2,1,3-4H3. The van der Waals surface area contributed by atoms with Crippen molar-refractivity contribution < 1.29 is 0 Å². The second-order valence-electron chi connectivity index (χ2n) is 3.15. The van der Waals surface area contributed by atoms with Gasteiger partial charge in [-0.15, -0.1) is 0 Å². The van der Waals surface area contributed by atoms with Gasteiger partial charge in [0.1, 0.15) is 0 Å². The van der Waals surface area contributed by atoms with Crippen LogP contribution in [0, 0.1) is 13.8 Å². The van der Waals surface area contributed by atoms with Gasteiger partial charge in [0.05, 0.1) is 12.0 Å². The van der Waals surface area contributed by atoms with Crippen LogP contribution in [0.5, 0.6) is 0 Å². The van der Waals surface area contributed by atoms with E-state index in [1.54, 1.807) is 0 Å². The minimum absolute atomic E-state index is 0.906. The van der Waals surface area contributed by atoms with Crippen molar-refractivity contribution in [2.24, 2.45) is 0 Å². The third-order valence-electron chi connectivity index (χ3n) is 2.24. The van der Waals surface area contributed by atoms with Crippen LogP contribution in [0.2, 0.25) is 0 Å². The van der Waals surface area contributed by atoms with Gasteiger partial charge in [0.2, 0.25) is 0 Å². The van der Waals surface area contributed by atoms with Gasteiger partial charge in [0.15, 0.2) is 0 Å². The molecule has 0 saturated carbocycles. The molecule has 0 spiro atoms. The summed E-state index contributed by atoms with van der Waals surface area (Å²) >= 11 is 0. The molecule has 0 amide bonds. The van der Waals surface area contributed by atoms with Crippen molar-refractivity contribution in [3.05, 3.63) is 29.9 Å². The van der Waals surface area contributed by atoms with Crippen molar-refractivity contribution in [1.82, 2.24) is 9.55 Å². The van der Waals surface area contributed by atoms with Crippen molar-refractivity contribution >= 4 is 0 Å². The highest BCUT2D eigenvalue weighted by Gasteiger charge is 2.01. The fourth-order valence-electron chi connectivity index (χ4n) is 1.06. The first-order valence-corrected chi connectivity index (χ1v) is 4.30. The summed E-state index contributed by atoms with van der Waals surface area (Å²) in [4.78, 5) is 4.23. The molecule has 1 heterocycles. The SMILES string of the molecule is C=C(CC)Cn1cnc(C)c1C. The molecular formula is C10H16N2. The van der Waals surface area contributed by atoms with Gasteiger partial charge in [-0.3, -0.25) is 0 Å². The Balaban J connectivity index is 2.76. The third-order valence-corrected chi connectivity index (χ3v) is 2.24. The molecule has 0 radical (unpaired) electrons. The van der Waals surface area contributed by atoms with Gasteiger partial charge in [-0.25, -0.2) is 4.98 Å². The Kier molecular flexibility index (Phi) is 2.69. The van der Waals surface area contributed by atoms with E-state index in [0.717, 1.165) is 18.7 Å². The number of hydrogen-bond acceptors (Lipinski definition) is 1. The third kappa shape index (κ3) is 1.76. The zero-order valence-electron chi connectivity index (χ0n) is 8.09. The summed E-state index contributed by atoms with van der Waals surface area (Å²) in [6.45, 7) is 11.1. The predicted molar refractivity (Wildman–Crippen MR) is 51.1 cm³/mol. The largest absolute Gasteiger partial charge is 0.331 e. The first kappa shape index (κ1) is 9.04. The van der Waals surface area contributed by atoms with E-state index in [-0.39, 0.29) is 0 Å². The van der Waals surface area contributed by atoms with Crippen LogP contribution in [-0.4, -0.2) is 9.55 Å². The lowest BCUT2D eigenvalue weighted by Crippen LogP contribution is -2.00. The van der Waals surface area contributed by atoms with E-state index in [1.165, 1.54) is 11.3 Å². The molecule has 0 fully saturated rings. The summed E-state index contributed by atoms with van der Waals surface area (Å²) in [5.41, 5.74) is 3.60. The molecule has 0 saturated heterocycles. The lowest BCUT2D eigenvalue weighted by atomic mass is 10.2. The Morgan fingerprint density at radius 3 is 2.67 bits per heavy atom. The maximum atomic E-state index is 4.23. The monoisotopic (exact) mass is 164 g/mol. The normalized spacial score (nSPS) is 10.2. The minimum Gasteiger partial charge on any atom is -0.331 e. The van der Waals surface area contributed by atoms with Crippen LogP contribution in [0.4, 0.5) is 0 Å². The van der Waals surface area contributed by atoms with E-state index in [4.69, 9.17) is 0 Å². The molecule has 0 aliphatic carbocycles. The van der Waals surface area contributed by atoms with Gasteiger partial charge < -0.3 is 4.57 Å². The number of hydrogen-bond donors (Lipinski definition) is 0. The second-order valence-corrected chi connectivity index (χ2v) is 3.15. The zero-order chi connectivity index (χ0) is 9.14. The molecule has 0 unspecified atom stereocenters. The second kappa shape index (κ2) is 3.57. The molecule has 0 aromatic carbocycles. The van der Waals surface area contributed by atoms with E-state index in [1.807, 2.05) is 13.3 Å². The van der Waals surface area contributed by atoms with Crippen LogP contribution >= 0.6 is 0 Å².